The van der Waals surface area contributed by atoms with Gasteiger partial charge >= 0.3 is 12.3 Å². The Morgan fingerprint density at radius 2 is 1.62 bits per heavy atom. The van der Waals surface area contributed by atoms with E-state index >= 15 is 0 Å². The number of unbranched alkanes of at least 4 members (excludes halogenated alkanes) is 1. The number of amides is 2. The first-order chi connectivity index (χ1) is 19.2. The SMILES string of the molecule is O=C(NCC(F)(F)F)OC1(CCCCN2CCN(C(=O)Cc3cnc[nH]3)CC2)c2ccccc2-c2ccccc21. The molecule has 1 aromatic heterocycles. The summed E-state index contributed by atoms with van der Waals surface area (Å²) in [5, 5.41) is 1.87. The lowest BCUT2D eigenvalue weighted by Crippen LogP contribution is -2.49. The highest BCUT2D eigenvalue weighted by molar-refractivity contribution is 5.82. The van der Waals surface area contributed by atoms with Crippen LogP contribution >= 0.6 is 0 Å². The zero-order valence-electron chi connectivity index (χ0n) is 22.0. The average molecular weight is 556 g/mol. The zero-order valence-corrected chi connectivity index (χ0v) is 22.0. The molecular weight excluding hydrogens is 523 g/mol. The van der Waals surface area contributed by atoms with E-state index in [1.807, 2.05) is 58.7 Å². The number of alkyl carbamates (subject to hydrolysis) is 1. The number of fused-ring (bicyclic) bond motifs is 3. The minimum absolute atomic E-state index is 0.0744. The summed E-state index contributed by atoms with van der Waals surface area (Å²) >= 11 is 0. The number of benzene rings is 2. The van der Waals surface area contributed by atoms with Crippen molar-refractivity contribution < 1.29 is 27.5 Å². The molecule has 5 rings (SSSR count). The summed E-state index contributed by atoms with van der Waals surface area (Å²) in [5.74, 6) is 0.0744. The lowest BCUT2D eigenvalue weighted by atomic mass is 9.86. The van der Waals surface area contributed by atoms with Gasteiger partial charge in [0, 0.05) is 49.2 Å². The van der Waals surface area contributed by atoms with Gasteiger partial charge in [-0.1, -0.05) is 48.5 Å². The number of aromatic amines is 1. The molecular formula is C29H32F3N5O3. The van der Waals surface area contributed by atoms with Crippen LogP contribution in [-0.2, 0) is 21.6 Å². The van der Waals surface area contributed by atoms with Crippen molar-refractivity contribution in [2.45, 2.75) is 37.5 Å². The van der Waals surface area contributed by atoms with Crippen LogP contribution in [0.1, 0.15) is 36.1 Å². The van der Waals surface area contributed by atoms with Crippen LogP contribution in [0.15, 0.2) is 61.1 Å². The Bertz CT molecular complexity index is 1270. The number of alkyl halides is 3. The number of piperazine rings is 1. The molecule has 0 saturated carbocycles. The minimum Gasteiger partial charge on any atom is -0.433 e. The van der Waals surface area contributed by atoms with E-state index in [-0.39, 0.29) is 5.91 Å². The molecule has 1 fully saturated rings. The predicted octanol–water partition coefficient (Wildman–Crippen LogP) is 4.48. The second-order valence-corrected chi connectivity index (χ2v) is 10.2. The quantitative estimate of drug-likeness (QED) is 0.380. The topological polar surface area (TPSA) is 90.6 Å². The molecule has 0 atom stereocenters. The van der Waals surface area contributed by atoms with Gasteiger partial charge in [0.1, 0.15) is 6.54 Å². The second kappa shape index (κ2) is 11.7. The number of halogens is 3. The van der Waals surface area contributed by atoms with E-state index in [0.717, 1.165) is 54.0 Å². The lowest BCUT2D eigenvalue weighted by Gasteiger charge is -2.35. The Morgan fingerprint density at radius 3 is 2.23 bits per heavy atom. The number of hydrogen-bond acceptors (Lipinski definition) is 5. The number of nitrogens with one attached hydrogen (secondary N) is 2. The number of carbonyl (C=O) groups excluding carboxylic acids is 2. The Kier molecular flexibility index (Phi) is 8.11. The first-order valence-corrected chi connectivity index (χ1v) is 13.5. The zero-order chi connectivity index (χ0) is 28.2. The number of ether oxygens (including phenoxy) is 1. The highest BCUT2D eigenvalue weighted by atomic mass is 19.4. The summed E-state index contributed by atoms with van der Waals surface area (Å²) < 4.78 is 44.2. The van der Waals surface area contributed by atoms with Crippen molar-refractivity contribution in [3.63, 3.8) is 0 Å². The van der Waals surface area contributed by atoms with Gasteiger partial charge in [-0.05, 0) is 36.9 Å². The minimum atomic E-state index is -4.54. The molecule has 1 aliphatic carbocycles. The van der Waals surface area contributed by atoms with Gasteiger partial charge in [-0.25, -0.2) is 9.78 Å². The van der Waals surface area contributed by atoms with Crippen LogP contribution in [0, 0.1) is 0 Å². The molecule has 3 aromatic rings. The van der Waals surface area contributed by atoms with E-state index in [1.54, 1.807) is 12.5 Å². The molecule has 0 bridgehead atoms. The van der Waals surface area contributed by atoms with Crippen LogP contribution in [0.3, 0.4) is 0 Å². The van der Waals surface area contributed by atoms with Crippen LogP contribution in [-0.4, -0.2) is 77.2 Å². The van der Waals surface area contributed by atoms with Crippen LogP contribution in [0.2, 0.25) is 0 Å². The molecule has 0 unspecified atom stereocenters. The van der Waals surface area contributed by atoms with Gasteiger partial charge in [-0.15, -0.1) is 0 Å². The highest BCUT2D eigenvalue weighted by Crippen LogP contribution is 2.52. The largest absolute Gasteiger partial charge is 0.433 e. The van der Waals surface area contributed by atoms with Crippen LogP contribution in [0.5, 0.6) is 0 Å². The molecule has 40 heavy (non-hydrogen) atoms. The van der Waals surface area contributed by atoms with Crippen molar-refractivity contribution in [1.29, 1.82) is 0 Å². The number of rotatable bonds is 9. The summed E-state index contributed by atoms with van der Waals surface area (Å²) in [6.45, 7) is 2.19. The number of H-pyrrole nitrogens is 1. The van der Waals surface area contributed by atoms with Gasteiger partial charge in [-0.3, -0.25) is 9.69 Å². The monoisotopic (exact) mass is 555 g/mol. The molecule has 1 aliphatic heterocycles. The highest BCUT2D eigenvalue weighted by Gasteiger charge is 2.46. The predicted molar refractivity (Wildman–Crippen MR) is 142 cm³/mol. The lowest BCUT2D eigenvalue weighted by molar-refractivity contribution is -0.132. The van der Waals surface area contributed by atoms with Crippen molar-refractivity contribution >= 4 is 12.0 Å². The number of carbonyl (C=O) groups is 2. The Morgan fingerprint density at radius 1 is 0.975 bits per heavy atom. The van der Waals surface area contributed by atoms with Crippen molar-refractivity contribution in [1.82, 2.24) is 25.1 Å². The van der Waals surface area contributed by atoms with Gasteiger partial charge < -0.3 is 19.9 Å². The maximum absolute atomic E-state index is 12.8. The Hall–Kier alpha value is -3.86. The molecule has 0 radical (unpaired) electrons. The summed E-state index contributed by atoms with van der Waals surface area (Å²) in [6.07, 6.45) is -0.176. The smallest absolute Gasteiger partial charge is 0.408 e. The average Bonchev–Trinajstić information content (AvgIpc) is 3.55. The van der Waals surface area contributed by atoms with Gasteiger partial charge in [0.05, 0.1) is 12.7 Å². The second-order valence-electron chi connectivity index (χ2n) is 10.2. The molecule has 2 N–H and O–H groups in total. The fourth-order valence-corrected chi connectivity index (χ4v) is 5.67. The summed E-state index contributed by atoms with van der Waals surface area (Å²) in [5.41, 5.74) is 3.01. The number of nitrogens with zero attached hydrogens (tertiary/aromatic N) is 3. The molecule has 2 heterocycles. The Balaban J connectivity index is 1.21. The molecule has 11 heteroatoms. The van der Waals surface area contributed by atoms with E-state index in [9.17, 15) is 22.8 Å². The fourth-order valence-electron chi connectivity index (χ4n) is 5.67. The van der Waals surface area contributed by atoms with Crippen molar-refractivity contribution in [2.75, 3.05) is 39.3 Å². The maximum atomic E-state index is 12.8. The number of imidazole rings is 1. The summed E-state index contributed by atoms with van der Waals surface area (Å²) in [4.78, 5) is 36.3. The molecule has 212 valence electrons. The fraction of sp³-hybridized carbons (Fsp3) is 0.414. The summed E-state index contributed by atoms with van der Waals surface area (Å²) in [6, 6.07) is 15.1. The number of aromatic nitrogens is 2. The van der Waals surface area contributed by atoms with Gasteiger partial charge in [0.15, 0.2) is 5.60 Å². The third-order valence-corrected chi connectivity index (χ3v) is 7.59. The molecule has 2 amide bonds. The molecule has 1 saturated heterocycles. The molecule has 0 spiro atoms. The summed E-state index contributed by atoms with van der Waals surface area (Å²) in [7, 11) is 0. The van der Waals surface area contributed by atoms with Crippen molar-refractivity contribution in [3.8, 4) is 11.1 Å². The Labute approximate surface area is 230 Å². The van der Waals surface area contributed by atoms with Gasteiger partial charge in [0.25, 0.3) is 0 Å². The third-order valence-electron chi connectivity index (χ3n) is 7.59. The number of hydrogen-bond donors (Lipinski definition) is 2. The van der Waals surface area contributed by atoms with Gasteiger partial charge in [-0.2, -0.15) is 13.2 Å². The van der Waals surface area contributed by atoms with Crippen LogP contribution in [0.4, 0.5) is 18.0 Å². The van der Waals surface area contributed by atoms with E-state index in [4.69, 9.17) is 4.74 Å². The molecule has 2 aromatic carbocycles. The third kappa shape index (κ3) is 6.14. The van der Waals surface area contributed by atoms with E-state index in [1.165, 1.54) is 0 Å². The van der Waals surface area contributed by atoms with Gasteiger partial charge in [0.2, 0.25) is 5.91 Å². The molecule has 8 nitrogen and oxygen atoms in total. The molecule has 2 aliphatic rings. The first-order valence-electron chi connectivity index (χ1n) is 13.5. The van der Waals surface area contributed by atoms with E-state index in [2.05, 4.69) is 14.9 Å². The van der Waals surface area contributed by atoms with Crippen molar-refractivity contribution in [2.24, 2.45) is 0 Å². The maximum Gasteiger partial charge on any atom is 0.408 e. The van der Waals surface area contributed by atoms with Crippen LogP contribution in [0.25, 0.3) is 11.1 Å². The van der Waals surface area contributed by atoms with E-state index < -0.39 is 24.4 Å². The first kappa shape index (κ1) is 27.7. The standard InChI is InChI=1S/C29H32F3N5O3/c30-29(31,32)19-34-27(39)40-28(24-9-3-1-7-22(24)23-8-2-4-10-25(23)28)11-5-6-12-36-13-15-37(16-14-36)26(38)17-21-18-33-20-35-21/h1-4,7-10,18,20H,5-6,11-17,19H2,(H,33,35)(H,34,39). The van der Waals surface area contributed by atoms with E-state index in [0.29, 0.717) is 32.4 Å². The van der Waals surface area contributed by atoms with Crippen LogP contribution < -0.4 is 5.32 Å². The normalized spacial score (nSPS) is 16.3. The van der Waals surface area contributed by atoms with Crippen molar-refractivity contribution in [3.05, 3.63) is 77.9 Å².